The first-order valence-electron chi connectivity index (χ1n) is 5.72. The maximum absolute atomic E-state index is 11.3. The number of fused-ring (bicyclic) bond motifs is 1. The van der Waals surface area contributed by atoms with E-state index in [0.29, 0.717) is 13.0 Å². The molecule has 0 saturated heterocycles. The summed E-state index contributed by atoms with van der Waals surface area (Å²) in [5, 5.41) is 5.41. The smallest absolute Gasteiger partial charge is 0.228 e. The van der Waals surface area contributed by atoms with E-state index in [1.54, 1.807) is 0 Å². The number of ketones is 1. The summed E-state index contributed by atoms with van der Waals surface area (Å²) in [5.74, 6) is -0.448. The van der Waals surface area contributed by atoms with Crippen molar-refractivity contribution in [2.24, 2.45) is 0 Å². The summed E-state index contributed by atoms with van der Waals surface area (Å²) >= 11 is 0. The number of hydrogen-bond donors (Lipinski definition) is 2. The van der Waals surface area contributed by atoms with E-state index in [1.807, 2.05) is 18.2 Å². The van der Waals surface area contributed by atoms with Crippen LogP contribution < -0.4 is 10.6 Å². The van der Waals surface area contributed by atoms with E-state index in [2.05, 4.69) is 10.6 Å². The largest absolute Gasteiger partial charge is 0.352 e. The summed E-state index contributed by atoms with van der Waals surface area (Å²) in [6.07, 6.45) is 0.287. The van der Waals surface area contributed by atoms with Crippen LogP contribution >= 0.6 is 0 Å². The zero-order chi connectivity index (χ0) is 13.1. The predicted octanol–water partition coefficient (Wildman–Crippen LogP) is 0.776. The molecule has 18 heavy (non-hydrogen) atoms. The molecule has 0 bridgehead atoms. The monoisotopic (exact) mass is 246 g/mol. The van der Waals surface area contributed by atoms with Crippen molar-refractivity contribution in [3.63, 3.8) is 0 Å². The Labute approximate surface area is 105 Å². The molecule has 0 aromatic heterocycles. The molecular weight excluding hydrogens is 232 g/mol. The van der Waals surface area contributed by atoms with Gasteiger partial charge in [-0.25, -0.2) is 0 Å². The molecule has 94 valence electrons. The molecule has 0 aliphatic carbocycles. The third kappa shape index (κ3) is 2.94. The van der Waals surface area contributed by atoms with E-state index in [-0.39, 0.29) is 24.0 Å². The average Bonchev–Trinajstić information content (AvgIpc) is 2.64. The van der Waals surface area contributed by atoms with Crippen molar-refractivity contribution in [2.45, 2.75) is 26.3 Å². The minimum absolute atomic E-state index is 0.0113. The Morgan fingerprint density at radius 2 is 2.17 bits per heavy atom. The fourth-order valence-electron chi connectivity index (χ4n) is 1.88. The molecule has 0 radical (unpaired) electrons. The first-order chi connectivity index (χ1) is 8.54. The van der Waals surface area contributed by atoms with Crippen LogP contribution in [0.25, 0.3) is 0 Å². The molecule has 5 heteroatoms. The molecule has 0 saturated carbocycles. The maximum atomic E-state index is 11.3. The van der Waals surface area contributed by atoms with Crippen LogP contribution in [0.15, 0.2) is 18.2 Å². The fraction of sp³-hybridized carbons (Fsp3) is 0.308. The van der Waals surface area contributed by atoms with Crippen LogP contribution in [-0.2, 0) is 27.3 Å². The second kappa shape index (κ2) is 5.00. The summed E-state index contributed by atoms with van der Waals surface area (Å²) in [6, 6.07) is 5.56. The van der Waals surface area contributed by atoms with E-state index >= 15 is 0 Å². The Hall–Kier alpha value is -2.17. The van der Waals surface area contributed by atoms with Gasteiger partial charge in [0.25, 0.3) is 0 Å². The van der Waals surface area contributed by atoms with Gasteiger partial charge in [-0.05, 0) is 24.1 Å². The van der Waals surface area contributed by atoms with E-state index in [1.165, 1.54) is 6.92 Å². The average molecular weight is 246 g/mol. The number of rotatable bonds is 4. The van der Waals surface area contributed by atoms with Crippen molar-refractivity contribution in [2.75, 3.05) is 5.32 Å². The van der Waals surface area contributed by atoms with Gasteiger partial charge in [-0.1, -0.05) is 12.1 Å². The van der Waals surface area contributed by atoms with Crippen molar-refractivity contribution in [3.8, 4) is 0 Å². The first kappa shape index (κ1) is 12.3. The number of hydrogen-bond acceptors (Lipinski definition) is 3. The van der Waals surface area contributed by atoms with Crippen molar-refractivity contribution in [1.29, 1.82) is 0 Å². The topological polar surface area (TPSA) is 75.3 Å². The van der Waals surface area contributed by atoms with E-state index in [9.17, 15) is 14.4 Å². The maximum Gasteiger partial charge on any atom is 0.228 e. The second-order valence-corrected chi connectivity index (χ2v) is 4.37. The highest BCUT2D eigenvalue weighted by atomic mass is 16.2. The van der Waals surface area contributed by atoms with Crippen LogP contribution in [0.2, 0.25) is 0 Å². The first-order valence-corrected chi connectivity index (χ1v) is 5.72. The molecule has 0 atom stereocenters. The third-order valence-corrected chi connectivity index (χ3v) is 2.69. The molecule has 2 rings (SSSR count). The Bertz CT molecular complexity index is 523. The lowest BCUT2D eigenvalue weighted by atomic mass is 10.1. The van der Waals surface area contributed by atoms with Gasteiger partial charge in [0.15, 0.2) is 0 Å². The van der Waals surface area contributed by atoms with Gasteiger partial charge in [0.2, 0.25) is 11.8 Å². The van der Waals surface area contributed by atoms with Crippen LogP contribution in [-0.4, -0.2) is 17.6 Å². The number of nitrogens with one attached hydrogen (secondary N) is 2. The fourth-order valence-corrected chi connectivity index (χ4v) is 1.88. The van der Waals surface area contributed by atoms with Crippen LogP contribution in [0.4, 0.5) is 5.69 Å². The number of amides is 2. The zero-order valence-corrected chi connectivity index (χ0v) is 10.1. The molecule has 5 nitrogen and oxygen atoms in total. The van der Waals surface area contributed by atoms with Crippen molar-refractivity contribution < 1.29 is 14.4 Å². The van der Waals surface area contributed by atoms with Gasteiger partial charge in [-0.15, -0.1) is 0 Å². The zero-order valence-electron chi connectivity index (χ0n) is 10.1. The van der Waals surface area contributed by atoms with E-state index in [4.69, 9.17) is 0 Å². The second-order valence-electron chi connectivity index (χ2n) is 4.37. The van der Waals surface area contributed by atoms with E-state index < -0.39 is 0 Å². The van der Waals surface area contributed by atoms with Gasteiger partial charge in [-0.3, -0.25) is 14.4 Å². The quantitative estimate of drug-likeness (QED) is 0.771. The van der Waals surface area contributed by atoms with Gasteiger partial charge in [-0.2, -0.15) is 0 Å². The van der Waals surface area contributed by atoms with Crippen molar-refractivity contribution in [3.05, 3.63) is 29.3 Å². The van der Waals surface area contributed by atoms with Gasteiger partial charge < -0.3 is 10.6 Å². The summed E-state index contributed by atoms with van der Waals surface area (Å²) in [6.45, 7) is 1.75. The lowest BCUT2D eigenvalue weighted by Gasteiger charge is -2.06. The molecule has 0 fully saturated rings. The molecule has 0 unspecified atom stereocenters. The molecule has 1 aliphatic heterocycles. The lowest BCUT2D eigenvalue weighted by molar-refractivity contribution is -0.127. The number of Topliss-reactive ketones (excluding diaryl/α,β-unsaturated/α-hetero) is 1. The molecule has 2 amide bonds. The molecule has 1 aliphatic rings. The lowest BCUT2D eigenvalue weighted by Crippen LogP contribution is -2.24. The van der Waals surface area contributed by atoms with Crippen molar-refractivity contribution in [1.82, 2.24) is 5.32 Å². The number of carbonyl (C=O) groups is 3. The minimum atomic E-state index is -0.280. The van der Waals surface area contributed by atoms with Crippen LogP contribution in [0.3, 0.4) is 0 Å². The van der Waals surface area contributed by atoms with Gasteiger partial charge in [0.1, 0.15) is 5.78 Å². The van der Waals surface area contributed by atoms with Gasteiger partial charge >= 0.3 is 0 Å². The SMILES string of the molecule is CC(=O)CC(=O)NCc1ccc2c(c1)CC(=O)N2. The molecule has 1 aromatic carbocycles. The number of benzene rings is 1. The Kier molecular flexibility index (Phi) is 3.41. The Morgan fingerprint density at radius 3 is 2.89 bits per heavy atom. The highest BCUT2D eigenvalue weighted by Crippen LogP contribution is 2.23. The van der Waals surface area contributed by atoms with Gasteiger partial charge in [0.05, 0.1) is 12.8 Å². The normalized spacial score (nSPS) is 12.8. The molecular formula is C13H14N2O3. The Morgan fingerprint density at radius 1 is 1.39 bits per heavy atom. The van der Waals surface area contributed by atoms with E-state index in [0.717, 1.165) is 16.8 Å². The highest BCUT2D eigenvalue weighted by Gasteiger charge is 2.17. The van der Waals surface area contributed by atoms with Gasteiger partial charge in [0, 0.05) is 12.2 Å². The van der Waals surface area contributed by atoms with Crippen LogP contribution in [0.1, 0.15) is 24.5 Å². The molecule has 1 aromatic rings. The summed E-state index contributed by atoms with van der Waals surface area (Å²) in [5.41, 5.74) is 2.69. The molecule has 1 heterocycles. The third-order valence-electron chi connectivity index (χ3n) is 2.69. The highest BCUT2D eigenvalue weighted by molar-refractivity contribution is 5.99. The van der Waals surface area contributed by atoms with Crippen LogP contribution in [0.5, 0.6) is 0 Å². The Balaban J connectivity index is 1.95. The molecule has 0 spiro atoms. The van der Waals surface area contributed by atoms with Crippen LogP contribution in [0, 0.1) is 0 Å². The number of anilines is 1. The predicted molar refractivity (Wildman–Crippen MR) is 65.9 cm³/mol. The standard InChI is InChI=1S/C13H14N2O3/c1-8(16)4-12(17)14-7-9-2-3-11-10(5-9)6-13(18)15-11/h2-3,5H,4,6-7H2,1H3,(H,14,17)(H,15,18). The summed E-state index contributed by atoms with van der Waals surface area (Å²) in [7, 11) is 0. The summed E-state index contributed by atoms with van der Waals surface area (Å²) < 4.78 is 0. The van der Waals surface area contributed by atoms with Crippen molar-refractivity contribution >= 4 is 23.3 Å². The summed E-state index contributed by atoms with van der Waals surface area (Å²) in [4.78, 5) is 33.2. The minimum Gasteiger partial charge on any atom is -0.352 e. The number of carbonyl (C=O) groups excluding carboxylic acids is 3. The molecule has 2 N–H and O–H groups in total.